The maximum absolute atomic E-state index is 3.81. The first-order valence-electron chi connectivity index (χ1n) is 8.37. The highest BCUT2D eigenvalue weighted by molar-refractivity contribution is 4.78. The summed E-state index contributed by atoms with van der Waals surface area (Å²) in [5, 5.41) is 3.81. The second-order valence-corrected chi connectivity index (χ2v) is 6.21. The molecule has 0 saturated heterocycles. The van der Waals surface area contributed by atoms with Crippen LogP contribution in [0.3, 0.4) is 0 Å². The smallest absolute Gasteiger partial charge is 0.0110 e. The molecular weight excluding hydrogens is 220 g/mol. The molecule has 0 aromatic carbocycles. The van der Waals surface area contributed by atoms with Crippen molar-refractivity contribution in [2.24, 2.45) is 0 Å². The van der Waals surface area contributed by atoms with E-state index in [1.54, 1.807) is 0 Å². The molecular formula is C16H32N2. The summed E-state index contributed by atoms with van der Waals surface area (Å²) < 4.78 is 0. The molecule has 0 radical (unpaired) electrons. The second kappa shape index (κ2) is 8.16. The third-order valence-electron chi connectivity index (χ3n) is 4.93. The van der Waals surface area contributed by atoms with Crippen LogP contribution in [0.2, 0.25) is 0 Å². The molecule has 0 aromatic heterocycles. The number of likely N-dealkylation sites (N-methyl/N-ethyl adjacent to an activating group) is 1. The van der Waals surface area contributed by atoms with Gasteiger partial charge in [-0.15, -0.1) is 0 Å². The van der Waals surface area contributed by atoms with Crippen molar-refractivity contribution < 1.29 is 0 Å². The van der Waals surface area contributed by atoms with E-state index in [2.05, 4.69) is 17.1 Å². The minimum Gasteiger partial charge on any atom is -0.313 e. The number of hydrogen-bond acceptors (Lipinski definition) is 2. The minimum absolute atomic E-state index is 0.815. The molecule has 0 heterocycles. The summed E-state index contributed by atoms with van der Waals surface area (Å²) in [6.45, 7) is 6.02. The van der Waals surface area contributed by atoms with Gasteiger partial charge in [0.05, 0.1) is 0 Å². The van der Waals surface area contributed by atoms with Gasteiger partial charge < -0.3 is 5.32 Å². The maximum Gasteiger partial charge on any atom is 0.0110 e. The van der Waals surface area contributed by atoms with Crippen LogP contribution in [0.4, 0.5) is 0 Å². The van der Waals surface area contributed by atoms with E-state index in [4.69, 9.17) is 0 Å². The zero-order chi connectivity index (χ0) is 12.6. The highest BCUT2D eigenvalue weighted by Gasteiger charge is 2.21. The Labute approximate surface area is 114 Å². The van der Waals surface area contributed by atoms with Gasteiger partial charge in [0.2, 0.25) is 0 Å². The van der Waals surface area contributed by atoms with Gasteiger partial charge in [-0.1, -0.05) is 45.4 Å². The normalized spacial score (nSPS) is 23.7. The van der Waals surface area contributed by atoms with Crippen LogP contribution in [-0.4, -0.2) is 36.6 Å². The van der Waals surface area contributed by atoms with Crippen LogP contribution in [0.5, 0.6) is 0 Å². The zero-order valence-corrected chi connectivity index (χ0v) is 12.3. The number of rotatable bonds is 6. The van der Waals surface area contributed by atoms with Crippen LogP contribution in [0, 0.1) is 0 Å². The minimum atomic E-state index is 0.815. The summed E-state index contributed by atoms with van der Waals surface area (Å²) >= 11 is 0. The second-order valence-electron chi connectivity index (χ2n) is 6.21. The van der Waals surface area contributed by atoms with Gasteiger partial charge in [-0.05, 0) is 32.2 Å². The third-order valence-corrected chi connectivity index (χ3v) is 4.93. The van der Waals surface area contributed by atoms with Gasteiger partial charge in [-0.25, -0.2) is 0 Å². The first-order valence-corrected chi connectivity index (χ1v) is 8.37. The van der Waals surface area contributed by atoms with Crippen molar-refractivity contribution in [1.29, 1.82) is 0 Å². The highest BCUT2D eigenvalue weighted by Crippen LogP contribution is 2.23. The molecule has 2 heteroatoms. The molecule has 2 aliphatic rings. The predicted octanol–water partition coefficient (Wildman–Crippen LogP) is 3.56. The van der Waals surface area contributed by atoms with Crippen molar-refractivity contribution in [2.45, 2.75) is 83.2 Å². The largest absolute Gasteiger partial charge is 0.313 e. The topological polar surface area (TPSA) is 15.3 Å². The average molecular weight is 252 g/mol. The van der Waals surface area contributed by atoms with Crippen molar-refractivity contribution in [2.75, 3.05) is 19.6 Å². The summed E-state index contributed by atoms with van der Waals surface area (Å²) in [5.74, 6) is 0. The molecule has 0 spiro atoms. The lowest BCUT2D eigenvalue weighted by Gasteiger charge is -2.28. The SMILES string of the molecule is CCN(CCNC1CCCCCC1)C1CCCC1. The molecule has 0 aliphatic heterocycles. The predicted molar refractivity (Wildman–Crippen MR) is 79.0 cm³/mol. The highest BCUT2D eigenvalue weighted by atomic mass is 15.2. The molecule has 0 atom stereocenters. The average Bonchev–Trinajstić information content (AvgIpc) is 2.79. The van der Waals surface area contributed by atoms with E-state index >= 15 is 0 Å². The fraction of sp³-hybridized carbons (Fsp3) is 1.00. The van der Waals surface area contributed by atoms with Crippen molar-refractivity contribution >= 4 is 0 Å². The molecule has 2 aliphatic carbocycles. The first kappa shape index (κ1) is 14.3. The van der Waals surface area contributed by atoms with E-state index in [1.807, 2.05) is 0 Å². The number of hydrogen-bond donors (Lipinski definition) is 1. The Morgan fingerprint density at radius 3 is 2.11 bits per heavy atom. The standard InChI is InChI=1S/C16H32N2/c1-2-18(16-11-7-8-12-16)14-13-17-15-9-5-3-4-6-10-15/h15-17H,2-14H2,1H3. The molecule has 1 N–H and O–H groups in total. The Bertz CT molecular complexity index is 203. The number of nitrogens with zero attached hydrogens (tertiary/aromatic N) is 1. The van der Waals surface area contributed by atoms with Crippen molar-refractivity contribution in [3.63, 3.8) is 0 Å². The molecule has 2 fully saturated rings. The summed E-state index contributed by atoms with van der Waals surface area (Å²) in [7, 11) is 0. The van der Waals surface area contributed by atoms with Crippen molar-refractivity contribution in [3.05, 3.63) is 0 Å². The lowest BCUT2D eigenvalue weighted by atomic mass is 10.1. The fourth-order valence-corrected chi connectivity index (χ4v) is 3.76. The summed E-state index contributed by atoms with van der Waals surface area (Å²) in [5.41, 5.74) is 0. The van der Waals surface area contributed by atoms with Crippen molar-refractivity contribution in [1.82, 2.24) is 10.2 Å². The van der Waals surface area contributed by atoms with Gasteiger partial charge in [-0.3, -0.25) is 4.90 Å². The van der Waals surface area contributed by atoms with Gasteiger partial charge in [0.25, 0.3) is 0 Å². The molecule has 2 saturated carbocycles. The Balaban J connectivity index is 1.63. The van der Waals surface area contributed by atoms with Gasteiger partial charge in [0.1, 0.15) is 0 Å². The molecule has 0 amide bonds. The molecule has 0 unspecified atom stereocenters. The van der Waals surface area contributed by atoms with Crippen LogP contribution in [0.25, 0.3) is 0 Å². The van der Waals surface area contributed by atoms with Gasteiger partial charge in [0, 0.05) is 25.2 Å². The van der Waals surface area contributed by atoms with Crippen LogP contribution in [-0.2, 0) is 0 Å². The van der Waals surface area contributed by atoms with Crippen LogP contribution in [0.1, 0.15) is 71.1 Å². The summed E-state index contributed by atoms with van der Waals surface area (Å²) in [4.78, 5) is 2.71. The lowest BCUT2D eigenvalue weighted by molar-refractivity contribution is 0.206. The van der Waals surface area contributed by atoms with Crippen LogP contribution < -0.4 is 5.32 Å². The maximum atomic E-state index is 3.81. The van der Waals surface area contributed by atoms with Gasteiger partial charge >= 0.3 is 0 Å². The summed E-state index contributed by atoms with van der Waals surface area (Å²) in [6, 6.07) is 1.71. The molecule has 2 nitrogen and oxygen atoms in total. The van der Waals surface area contributed by atoms with E-state index in [0.717, 1.165) is 12.1 Å². The van der Waals surface area contributed by atoms with E-state index < -0.39 is 0 Å². The number of nitrogens with one attached hydrogen (secondary N) is 1. The van der Waals surface area contributed by atoms with E-state index in [1.165, 1.54) is 83.8 Å². The molecule has 106 valence electrons. The molecule has 0 bridgehead atoms. The molecule has 2 rings (SSSR count). The Hall–Kier alpha value is -0.0800. The van der Waals surface area contributed by atoms with Gasteiger partial charge in [-0.2, -0.15) is 0 Å². The van der Waals surface area contributed by atoms with E-state index in [0.29, 0.717) is 0 Å². The zero-order valence-electron chi connectivity index (χ0n) is 12.3. The quantitative estimate of drug-likeness (QED) is 0.727. The van der Waals surface area contributed by atoms with Crippen molar-refractivity contribution in [3.8, 4) is 0 Å². The summed E-state index contributed by atoms with van der Waals surface area (Å²) in [6.07, 6.45) is 14.4. The third kappa shape index (κ3) is 4.55. The monoisotopic (exact) mass is 252 g/mol. The Kier molecular flexibility index (Phi) is 6.50. The van der Waals surface area contributed by atoms with Crippen LogP contribution in [0.15, 0.2) is 0 Å². The Morgan fingerprint density at radius 1 is 0.889 bits per heavy atom. The van der Waals surface area contributed by atoms with Crippen LogP contribution >= 0.6 is 0 Å². The first-order chi connectivity index (χ1) is 8.90. The van der Waals surface area contributed by atoms with E-state index in [-0.39, 0.29) is 0 Å². The fourth-order valence-electron chi connectivity index (χ4n) is 3.76. The molecule has 0 aromatic rings. The Morgan fingerprint density at radius 2 is 1.50 bits per heavy atom. The van der Waals surface area contributed by atoms with Gasteiger partial charge in [0.15, 0.2) is 0 Å². The lowest BCUT2D eigenvalue weighted by Crippen LogP contribution is -2.41. The molecule has 18 heavy (non-hydrogen) atoms. The van der Waals surface area contributed by atoms with E-state index in [9.17, 15) is 0 Å².